The molecule has 0 aliphatic carbocycles. The lowest BCUT2D eigenvalue weighted by Gasteiger charge is -2.23. The van der Waals surface area contributed by atoms with Crippen molar-refractivity contribution in [1.82, 2.24) is 0 Å². The lowest BCUT2D eigenvalue weighted by molar-refractivity contribution is -0.138. The largest absolute Gasteiger partial charge is 0.481 e. The molecule has 1 atom stereocenters. The Balaban J connectivity index is 1.66. The summed E-state index contributed by atoms with van der Waals surface area (Å²) >= 11 is 0. The van der Waals surface area contributed by atoms with Crippen LogP contribution in [-0.2, 0) is 14.3 Å². The molecule has 1 fully saturated rings. The van der Waals surface area contributed by atoms with Crippen LogP contribution in [0.1, 0.15) is 37.2 Å². The van der Waals surface area contributed by atoms with Crippen LogP contribution in [0.25, 0.3) is 0 Å². The van der Waals surface area contributed by atoms with Gasteiger partial charge < -0.3 is 14.7 Å². The van der Waals surface area contributed by atoms with E-state index in [4.69, 9.17) is 4.74 Å². The van der Waals surface area contributed by atoms with Gasteiger partial charge in [-0.2, -0.15) is 0 Å². The molecule has 2 aliphatic heterocycles. The molecule has 1 aromatic carbocycles. The highest BCUT2D eigenvalue weighted by Crippen LogP contribution is 2.37. The maximum absolute atomic E-state index is 12.5. The van der Waals surface area contributed by atoms with Crippen LogP contribution in [-0.4, -0.2) is 36.7 Å². The van der Waals surface area contributed by atoms with Crippen LogP contribution in [0.3, 0.4) is 0 Å². The quantitative estimate of drug-likeness (QED) is 0.927. The molecule has 5 nitrogen and oxygen atoms in total. The van der Waals surface area contributed by atoms with Crippen LogP contribution in [0.2, 0.25) is 0 Å². The first-order valence-electron chi connectivity index (χ1n) is 7.86. The summed E-state index contributed by atoms with van der Waals surface area (Å²) in [6.45, 7) is 1.82. The molecular weight excluding hydrogens is 282 g/mol. The fraction of sp³-hybridized carbons (Fsp3) is 0.529. The molecule has 1 aromatic rings. The van der Waals surface area contributed by atoms with Gasteiger partial charge in [-0.25, -0.2) is 0 Å². The molecule has 2 heterocycles. The van der Waals surface area contributed by atoms with Crippen molar-refractivity contribution >= 4 is 17.6 Å². The molecule has 2 aliphatic rings. The number of fused-ring (bicyclic) bond motifs is 1. The van der Waals surface area contributed by atoms with Crippen molar-refractivity contribution in [2.24, 2.45) is 5.92 Å². The fourth-order valence-corrected chi connectivity index (χ4v) is 3.35. The number of benzene rings is 1. The highest BCUT2D eigenvalue weighted by Gasteiger charge is 2.36. The topological polar surface area (TPSA) is 66.8 Å². The third-order valence-electron chi connectivity index (χ3n) is 4.67. The Morgan fingerprint density at radius 1 is 1.23 bits per heavy atom. The average Bonchev–Trinajstić information content (AvgIpc) is 2.93. The normalized spacial score (nSPS) is 21.6. The Bertz CT molecular complexity index is 566. The zero-order valence-electron chi connectivity index (χ0n) is 12.5. The summed E-state index contributed by atoms with van der Waals surface area (Å²) in [6.07, 6.45) is 3.37. The van der Waals surface area contributed by atoms with E-state index in [1.165, 1.54) is 0 Å². The number of rotatable bonds is 4. The maximum atomic E-state index is 12.5. The lowest BCUT2D eigenvalue weighted by Crippen LogP contribution is -2.31. The van der Waals surface area contributed by atoms with Crippen molar-refractivity contribution in [3.05, 3.63) is 29.8 Å². The molecular formula is C17H21NO4. The van der Waals surface area contributed by atoms with Gasteiger partial charge in [0.1, 0.15) is 5.92 Å². The molecule has 5 heteroatoms. The molecule has 0 spiro atoms. The minimum Gasteiger partial charge on any atom is -0.481 e. The summed E-state index contributed by atoms with van der Waals surface area (Å²) in [5.41, 5.74) is 1.50. The second kappa shape index (κ2) is 6.48. The van der Waals surface area contributed by atoms with E-state index in [1.54, 1.807) is 11.0 Å². The van der Waals surface area contributed by atoms with E-state index < -0.39 is 11.9 Å². The Kier molecular flexibility index (Phi) is 4.43. The summed E-state index contributed by atoms with van der Waals surface area (Å²) in [5, 5.41) is 9.34. The Morgan fingerprint density at radius 3 is 2.68 bits per heavy atom. The van der Waals surface area contributed by atoms with E-state index in [1.807, 2.05) is 18.2 Å². The Morgan fingerprint density at radius 2 is 1.95 bits per heavy atom. The van der Waals surface area contributed by atoms with Crippen molar-refractivity contribution in [3.8, 4) is 0 Å². The van der Waals surface area contributed by atoms with Crippen LogP contribution in [0.15, 0.2) is 24.3 Å². The molecule has 3 rings (SSSR count). The number of aliphatic carboxylic acids is 1. The molecule has 1 N–H and O–H groups in total. The van der Waals surface area contributed by atoms with Crippen LogP contribution in [0.5, 0.6) is 0 Å². The van der Waals surface area contributed by atoms with Crippen LogP contribution < -0.4 is 4.90 Å². The molecule has 0 bridgehead atoms. The number of hydrogen-bond donors (Lipinski definition) is 1. The second-order valence-electron chi connectivity index (χ2n) is 6.05. The second-order valence-corrected chi connectivity index (χ2v) is 6.05. The van der Waals surface area contributed by atoms with Gasteiger partial charge in [0.2, 0.25) is 5.91 Å². The van der Waals surface area contributed by atoms with Gasteiger partial charge in [-0.1, -0.05) is 18.2 Å². The molecule has 0 saturated carbocycles. The van der Waals surface area contributed by atoms with E-state index in [0.29, 0.717) is 12.3 Å². The predicted octanol–water partition coefficient (Wildman–Crippen LogP) is 2.41. The van der Waals surface area contributed by atoms with Gasteiger partial charge in [0, 0.05) is 31.9 Å². The van der Waals surface area contributed by atoms with Gasteiger partial charge >= 0.3 is 5.97 Å². The van der Waals surface area contributed by atoms with Crippen LogP contribution >= 0.6 is 0 Å². The van der Waals surface area contributed by atoms with Crippen LogP contribution in [0, 0.1) is 5.92 Å². The average molecular weight is 303 g/mol. The maximum Gasteiger partial charge on any atom is 0.312 e. The van der Waals surface area contributed by atoms with Crippen molar-refractivity contribution in [1.29, 1.82) is 0 Å². The van der Waals surface area contributed by atoms with Crippen LogP contribution in [0.4, 0.5) is 5.69 Å². The monoisotopic (exact) mass is 303 g/mol. The van der Waals surface area contributed by atoms with Crippen molar-refractivity contribution < 1.29 is 19.4 Å². The number of carbonyl (C=O) groups excluding carboxylic acids is 1. The number of amides is 1. The molecule has 0 radical (unpaired) electrons. The number of nitrogens with zero attached hydrogens (tertiary/aromatic N) is 1. The number of anilines is 1. The third kappa shape index (κ3) is 2.99. The fourth-order valence-electron chi connectivity index (χ4n) is 3.35. The first-order valence-corrected chi connectivity index (χ1v) is 7.86. The number of hydrogen-bond acceptors (Lipinski definition) is 3. The van der Waals surface area contributed by atoms with Gasteiger partial charge in [0.15, 0.2) is 0 Å². The van der Waals surface area contributed by atoms with Gasteiger partial charge in [-0.05, 0) is 36.8 Å². The van der Waals surface area contributed by atoms with Gasteiger partial charge in [-0.3, -0.25) is 9.59 Å². The SMILES string of the molecule is O=C(O)C1CN(C(=O)CCC2CCOCC2)c2ccccc21. The summed E-state index contributed by atoms with van der Waals surface area (Å²) < 4.78 is 5.33. The van der Waals surface area contributed by atoms with Crippen molar-refractivity contribution in [2.75, 3.05) is 24.7 Å². The minimum atomic E-state index is -0.868. The summed E-state index contributed by atoms with van der Waals surface area (Å²) in [4.78, 5) is 25.6. The highest BCUT2D eigenvalue weighted by molar-refractivity contribution is 5.98. The molecule has 22 heavy (non-hydrogen) atoms. The van der Waals surface area contributed by atoms with E-state index in [2.05, 4.69) is 0 Å². The zero-order valence-corrected chi connectivity index (χ0v) is 12.5. The lowest BCUT2D eigenvalue weighted by atomic mass is 9.95. The number of carboxylic acids is 1. The van der Waals surface area contributed by atoms with E-state index in [9.17, 15) is 14.7 Å². The van der Waals surface area contributed by atoms with E-state index in [0.717, 1.165) is 43.7 Å². The molecule has 1 amide bonds. The first-order chi connectivity index (χ1) is 10.7. The molecule has 1 unspecified atom stereocenters. The number of carboxylic acid groups (broad SMARTS) is 1. The summed E-state index contributed by atoms with van der Waals surface area (Å²) in [7, 11) is 0. The van der Waals surface area contributed by atoms with Gasteiger partial charge in [0.05, 0.1) is 0 Å². The minimum absolute atomic E-state index is 0.0303. The van der Waals surface area contributed by atoms with Gasteiger partial charge in [0.25, 0.3) is 0 Å². The zero-order chi connectivity index (χ0) is 15.5. The van der Waals surface area contributed by atoms with Gasteiger partial charge in [-0.15, -0.1) is 0 Å². The Hall–Kier alpha value is -1.88. The third-order valence-corrected chi connectivity index (χ3v) is 4.67. The summed E-state index contributed by atoms with van der Waals surface area (Å²) in [5.74, 6) is -0.899. The summed E-state index contributed by atoms with van der Waals surface area (Å²) in [6, 6.07) is 7.32. The predicted molar refractivity (Wildman–Crippen MR) is 81.9 cm³/mol. The highest BCUT2D eigenvalue weighted by atomic mass is 16.5. The molecule has 118 valence electrons. The molecule has 1 saturated heterocycles. The number of ether oxygens (including phenoxy) is 1. The smallest absolute Gasteiger partial charge is 0.312 e. The standard InChI is InChI=1S/C17H21NO4/c19-16(6-5-12-7-9-22-10-8-12)18-11-14(17(20)21)13-3-1-2-4-15(13)18/h1-4,12,14H,5-11H2,(H,20,21). The van der Waals surface area contributed by atoms with E-state index in [-0.39, 0.29) is 12.5 Å². The number of carbonyl (C=O) groups is 2. The molecule has 0 aromatic heterocycles. The Labute approximate surface area is 129 Å². The number of para-hydroxylation sites is 1. The van der Waals surface area contributed by atoms with Crippen molar-refractivity contribution in [3.63, 3.8) is 0 Å². The first kappa shape index (κ1) is 15.0. The van der Waals surface area contributed by atoms with E-state index >= 15 is 0 Å². The van der Waals surface area contributed by atoms with Crippen molar-refractivity contribution in [2.45, 2.75) is 31.6 Å².